The fourth-order valence-corrected chi connectivity index (χ4v) is 2.61. The molecule has 1 aromatic carbocycles. The number of aromatic nitrogens is 3. The molecule has 2 aromatic heterocycles. The SMILES string of the molecule is Cc1cc(-c2c(C)[nH]c3ccccc23)nc(CCN)n1. The van der Waals surface area contributed by atoms with Crippen molar-refractivity contribution in [2.75, 3.05) is 6.54 Å². The van der Waals surface area contributed by atoms with Crippen LogP contribution in [0.3, 0.4) is 0 Å². The van der Waals surface area contributed by atoms with Crippen LogP contribution in [0.2, 0.25) is 0 Å². The van der Waals surface area contributed by atoms with Gasteiger partial charge in [-0.2, -0.15) is 0 Å². The molecule has 102 valence electrons. The Labute approximate surface area is 118 Å². The van der Waals surface area contributed by atoms with Gasteiger partial charge in [0.1, 0.15) is 5.82 Å². The van der Waals surface area contributed by atoms with Gasteiger partial charge in [0.25, 0.3) is 0 Å². The molecule has 0 aliphatic rings. The molecule has 0 fully saturated rings. The molecule has 0 amide bonds. The van der Waals surface area contributed by atoms with Crippen LogP contribution >= 0.6 is 0 Å². The maximum atomic E-state index is 5.61. The van der Waals surface area contributed by atoms with Gasteiger partial charge in [-0.3, -0.25) is 0 Å². The highest BCUT2D eigenvalue weighted by Crippen LogP contribution is 2.31. The maximum absolute atomic E-state index is 5.61. The van der Waals surface area contributed by atoms with Crippen molar-refractivity contribution >= 4 is 10.9 Å². The van der Waals surface area contributed by atoms with Crippen molar-refractivity contribution in [3.05, 3.63) is 47.5 Å². The molecule has 0 aliphatic carbocycles. The summed E-state index contributed by atoms with van der Waals surface area (Å²) in [6.45, 7) is 4.64. The van der Waals surface area contributed by atoms with Gasteiger partial charge < -0.3 is 10.7 Å². The number of fused-ring (bicyclic) bond motifs is 1. The summed E-state index contributed by atoms with van der Waals surface area (Å²) >= 11 is 0. The van der Waals surface area contributed by atoms with Crippen LogP contribution in [0.1, 0.15) is 17.2 Å². The highest BCUT2D eigenvalue weighted by atomic mass is 14.9. The summed E-state index contributed by atoms with van der Waals surface area (Å²) < 4.78 is 0. The summed E-state index contributed by atoms with van der Waals surface area (Å²) in [5.74, 6) is 0.812. The number of hydrogen-bond acceptors (Lipinski definition) is 3. The smallest absolute Gasteiger partial charge is 0.130 e. The molecule has 0 aliphatic heterocycles. The summed E-state index contributed by atoms with van der Waals surface area (Å²) in [6.07, 6.45) is 0.704. The molecular formula is C16H18N4. The molecular weight excluding hydrogens is 248 g/mol. The van der Waals surface area contributed by atoms with E-state index in [9.17, 15) is 0 Å². The second kappa shape index (κ2) is 5.06. The summed E-state index contributed by atoms with van der Waals surface area (Å²) in [6, 6.07) is 10.3. The van der Waals surface area contributed by atoms with Gasteiger partial charge in [-0.25, -0.2) is 9.97 Å². The predicted molar refractivity (Wildman–Crippen MR) is 81.6 cm³/mol. The van der Waals surface area contributed by atoms with Crippen molar-refractivity contribution < 1.29 is 0 Å². The van der Waals surface area contributed by atoms with Crippen molar-refractivity contribution in [2.45, 2.75) is 20.3 Å². The number of nitrogens with zero attached hydrogens (tertiary/aromatic N) is 2. The van der Waals surface area contributed by atoms with E-state index in [2.05, 4.69) is 34.0 Å². The number of nitrogens with one attached hydrogen (secondary N) is 1. The van der Waals surface area contributed by atoms with E-state index in [-0.39, 0.29) is 0 Å². The fraction of sp³-hybridized carbons (Fsp3) is 0.250. The monoisotopic (exact) mass is 266 g/mol. The standard InChI is InChI=1S/C16H18N4/c1-10-9-14(20-15(18-10)7-8-17)16-11(2)19-13-6-4-3-5-12(13)16/h3-6,9,19H,7-8,17H2,1-2H3. The molecule has 3 N–H and O–H groups in total. The third-order valence-corrected chi connectivity index (χ3v) is 3.42. The van der Waals surface area contributed by atoms with E-state index in [1.54, 1.807) is 0 Å². The summed E-state index contributed by atoms with van der Waals surface area (Å²) in [5, 5.41) is 1.20. The van der Waals surface area contributed by atoms with Gasteiger partial charge in [-0.1, -0.05) is 18.2 Å². The van der Waals surface area contributed by atoms with Gasteiger partial charge in [-0.05, 0) is 32.5 Å². The van der Waals surface area contributed by atoms with Crippen molar-refractivity contribution in [3.63, 3.8) is 0 Å². The minimum atomic E-state index is 0.565. The van der Waals surface area contributed by atoms with E-state index >= 15 is 0 Å². The number of hydrogen-bond donors (Lipinski definition) is 2. The second-order valence-corrected chi connectivity index (χ2v) is 5.02. The molecule has 2 heterocycles. The van der Waals surface area contributed by atoms with Crippen LogP contribution in [0.15, 0.2) is 30.3 Å². The minimum absolute atomic E-state index is 0.565. The van der Waals surface area contributed by atoms with Crippen LogP contribution < -0.4 is 5.73 Å². The average molecular weight is 266 g/mol. The van der Waals surface area contributed by atoms with Crippen molar-refractivity contribution in [1.82, 2.24) is 15.0 Å². The lowest BCUT2D eigenvalue weighted by molar-refractivity contribution is 0.858. The van der Waals surface area contributed by atoms with E-state index < -0.39 is 0 Å². The van der Waals surface area contributed by atoms with Crippen LogP contribution in [-0.2, 0) is 6.42 Å². The van der Waals surface area contributed by atoms with Crippen LogP contribution in [0.25, 0.3) is 22.2 Å². The Kier molecular flexibility index (Phi) is 3.24. The molecule has 0 atom stereocenters. The Morgan fingerprint density at radius 3 is 2.75 bits per heavy atom. The molecule has 4 nitrogen and oxygen atoms in total. The normalized spacial score (nSPS) is 11.2. The summed E-state index contributed by atoms with van der Waals surface area (Å²) in [5.41, 5.74) is 11.0. The predicted octanol–water partition coefficient (Wildman–Crippen LogP) is 2.74. The number of H-pyrrole nitrogens is 1. The summed E-state index contributed by atoms with van der Waals surface area (Å²) in [7, 11) is 0. The quantitative estimate of drug-likeness (QED) is 0.766. The maximum Gasteiger partial charge on any atom is 0.130 e. The zero-order valence-electron chi connectivity index (χ0n) is 11.8. The molecule has 0 radical (unpaired) electrons. The number of nitrogens with two attached hydrogens (primary N) is 1. The van der Waals surface area contributed by atoms with Crippen LogP contribution in [0.5, 0.6) is 0 Å². The first-order valence-electron chi connectivity index (χ1n) is 6.81. The molecule has 3 rings (SSSR count). The zero-order chi connectivity index (χ0) is 14.1. The molecule has 4 heteroatoms. The molecule has 20 heavy (non-hydrogen) atoms. The molecule has 0 bridgehead atoms. The average Bonchev–Trinajstić information content (AvgIpc) is 2.74. The van der Waals surface area contributed by atoms with Crippen LogP contribution in [0, 0.1) is 13.8 Å². The molecule has 0 saturated carbocycles. The van der Waals surface area contributed by atoms with Crippen molar-refractivity contribution in [2.24, 2.45) is 5.73 Å². The van der Waals surface area contributed by atoms with Gasteiger partial charge in [0, 0.05) is 34.3 Å². The van der Waals surface area contributed by atoms with E-state index in [1.807, 2.05) is 25.1 Å². The first kappa shape index (κ1) is 12.8. The number of benzene rings is 1. The highest BCUT2D eigenvalue weighted by molar-refractivity contribution is 5.96. The molecule has 0 spiro atoms. The topological polar surface area (TPSA) is 67.6 Å². The van der Waals surface area contributed by atoms with Gasteiger partial charge >= 0.3 is 0 Å². The Morgan fingerprint density at radius 2 is 1.95 bits per heavy atom. The Bertz CT molecular complexity index is 758. The number of rotatable bonds is 3. The van der Waals surface area contributed by atoms with E-state index in [0.29, 0.717) is 13.0 Å². The molecule has 0 saturated heterocycles. The highest BCUT2D eigenvalue weighted by Gasteiger charge is 2.13. The van der Waals surface area contributed by atoms with E-state index in [4.69, 9.17) is 5.73 Å². The van der Waals surface area contributed by atoms with Gasteiger partial charge in [-0.15, -0.1) is 0 Å². The largest absolute Gasteiger partial charge is 0.358 e. The molecule has 0 unspecified atom stereocenters. The zero-order valence-corrected chi connectivity index (χ0v) is 11.8. The Morgan fingerprint density at radius 1 is 1.15 bits per heavy atom. The minimum Gasteiger partial charge on any atom is -0.358 e. The van der Waals surface area contributed by atoms with Crippen LogP contribution in [-0.4, -0.2) is 21.5 Å². The van der Waals surface area contributed by atoms with Crippen LogP contribution in [0.4, 0.5) is 0 Å². The van der Waals surface area contributed by atoms with E-state index in [0.717, 1.165) is 34.0 Å². The molecule has 3 aromatic rings. The van der Waals surface area contributed by atoms with Crippen molar-refractivity contribution in [3.8, 4) is 11.3 Å². The summed E-state index contributed by atoms with van der Waals surface area (Å²) in [4.78, 5) is 12.5. The third kappa shape index (κ3) is 2.18. The Balaban J connectivity index is 2.22. The Hall–Kier alpha value is -2.20. The third-order valence-electron chi connectivity index (χ3n) is 3.42. The lowest BCUT2D eigenvalue weighted by Crippen LogP contribution is -2.07. The lowest BCUT2D eigenvalue weighted by atomic mass is 10.1. The van der Waals surface area contributed by atoms with E-state index in [1.165, 1.54) is 5.39 Å². The first-order valence-corrected chi connectivity index (χ1v) is 6.81. The fourth-order valence-electron chi connectivity index (χ4n) is 2.61. The van der Waals surface area contributed by atoms with Gasteiger partial charge in [0.05, 0.1) is 5.69 Å². The number of aryl methyl sites for hydroxylation is 2. The lowest BCUT2D eigenvalue weighted by Gasteiger charge is -2.06. The van der Waals surface area contributed by atoms with Gasteiger partial charge in [0.2, 0.25) is 0 Å². The number of para-hydroxylation sites is 1. The first-order chi connectivity index (χ1) is 9.69. The second-order valence-electron chi connectivity index (χ2n) is 5.02. The number of aromatic amines is 1. The van der Waals surface area contributed by atoms with Gasteiger partial charge in [0.15, 0.2) is 0 Å². The van der Waals surface area contributed by atoms with Crippen molar-refractivity contribution in [1.29, 1.82) is 0 Å².